The van der Waals surface area contributed by atoms with Crippen molar-refractivity contribution in [1.29, 1.82) is 0 Å². The van der Waals surface area contributed by atoms with Gasteiger partial charge in [-0.05, 0) is 13.2 Å². The molecule has 0 rings (SSSR count). The Hall–Kier alpha value is -1.10. The van der Waals surface area contributed by atoms with Crippen LogP contribution in [0.1, 0.15) is 0 Å². The number of hydrogen-bond donors (Lipinski definition) is 0. The van der Waals surface area contributed by atoms with Crippen LogP contribution in [0, 0.1) is 0 Å². The topological polar surface area (TPSA) is 24.7 Å². The van der Waals surface area contributed by atoms with Crippen LogP contribution in [0.2, 0.25) is 0 Å². The molecule has 2 nitrogen and oxygen atoms in total. The van der Waals surface area contributed by atoms with E-state index in [4.69, 9.17) is 0 Å². The second-order valence-corrected chi connectivity index (χ2v) is 0.516. The first-order valence-corrected chi connectivity index (χ1v) is 1.35. The van der Waals surface area contributed by atoms with Crippen molar-refractivity contribution in [2.75, 3.05) is 0 Å². The molecule has 0 radical (unpaired) electrons. The van der Waals surface area contributed by atoms with Crippen LogP contribution in [0.5, 0.6) is 0 Å². The fraction of sp³-hybridized carbons (Fsp3) is 0. The molecule has 0 bridgehead atoms. The van der Waals surface area contributed by atoms with Gasteiger partial charge in [0.25, 0.3) is 0 Å². The third kappa shape index (κ3) is 2.90. The molecule has 0 heterocycles. The quantitative estimate of drug-likeness (QED) is 0.325. The lowest BCUT2D eigenvalue weighted by atomic mass is 11.2. The Morgan fingerprint density at radius 3 is 1.50 bits per heavy atom. The molecule has 0 N–H and O–H groups in total. The minimum absolute atomic E-state index is 2.17. The fourth-order valence-electron chi connectivity index (χ4n) is 0.0707. The van der Waals surface area contributed by atoms with E-state index < -0.39 is 0 Å². The highest BCUT2D eigenvalue weighted by molar-refractivity contribution is 5.50. The first kappa shape index (κ1) is 4.90. The molecule has 0 unspecified atom stereocenters. The van der Waals surface area contributed by atoms with E-state index in [1.54, 1.807) is 0 Å². The minimum atomic E-state index is 2.17. The Kier molecular flexibility index (Phi) is 3.19. The van der Waals surface area contributed by atoms with E-state index in [0.717, 1.165) is 0 Å². The highest BCUT2D eigenvalue weighted by Crippen LogP contribution is 1.53. The van der Waals surface area contributed by atoms with Crippen LogP contribution in [0.3, 0.4) is 0 Å². The van der Waals surface area contributed by atoms with Crippen LogP contribution in [0.15, 0.2) is 23.4 Å². The molecule has 0 aliphatic carbocycles. The summed E-state index contributed by atoms with van der Waals surface area (Å²) in [4.78, 5) is 0. The third-order valence-electron chi connectivity index (χ3n) is 0.191. The monoisotopic (exact) mass is 80.0 g/mol. The summed E-state index contributed by atoms with van der Waals surface area (Å²) in [6.45, 7) is 6.29. The summed E-state index contributed by atoms with van der Waals surface area (Å²) in [5, 5.41) is 6.36. The van der Waals surface area contributed by atoms with Gasteiger partial charge >= 0.3 is 0 Å². The molecular formula is C4H4N2. The SMILES string of the molecule is C=C=NN=C=C. The zero-order valence-corrected chi connectivity index (χ0v) is 3.31. The molecule has 0 aromatic rings. The van der Waals surface area contributed by atoms with Gasteiger partial charge < -0.3 is 0 Å². The largest absolute Gasteiger partial charge is 0.0976 e. The zero-order chi connectivity index (χ0) is 4.83. The first-order chi connectivity index (χ1) is 2.91. The van der Waals surface area contributed by atoms with E-state index in [2.05, 4.69) is 35.1 Å². The molecule has 0 aromatic carbocycles. The predicted molar refractivity (Wildman–Crippen MR) is 26.1 cm³/mol. The van der Waals surface area contributed by atoms with Gasteiger partial charge in [-0.2, -0.15) is 0 Å². The van der Waals surface area contributed by atoms with E-state index in [-0.39, 0.29) is 0 Å². The second-order valence-electron chi connectivity index (χ2n) is 0.516. The maximum Gasteiger partial charge on any atom is 0.00353 e. The van der Waals surface area contributed by atoms with Crippen LogP contribution < -0.4 is 0 Å². The lowest BCUT2D eigenvalue weighted by Crippen LogP contribution is -1.42. The van der Waals surface area contributed by atoms with Gasteiger partial charge in [0.15, 0.2) is 0 Å². The average Bonchev–Trinajstić information content (AvgIpc) is 1.61. The molecule has 0 fully saturated rings. The molecule has 2 heteroatoms. The molecule has 0 spiro atoms. The van der Waals surface area contributed by atoms with Gasteiger partial charge in [0.2, 0.25) is 0 Å². The van der Waals surface area contributed by atoms with Crippen LogP contribution in [-0.2, 0) is 0 Å². The minimum Gasteiger partial charge on any atom is -0.0976 e. The average molecular weight is 80.1 g/mol. The highest BCUT2D eigenvalue weighted by atomic mass is 15.2. The van der Waals surface area contributed by atoms with Gasteiger partial charge in [-0.15, -0.1) is 0 Å². The van der Waals surface area contributed by atoms with E-state index >= 15 is 0 Å². The molecule has 6 heavy (non-hydrogen) atoms. The van der Waals surface area contributed by atoms with E-state index in [1.165, 1.54) is 0 Å². The molecule has 0 aromatic heterocycles. The summed E-state index contributed by atoms with van der Waals surface area (Å²) in [6, 6.07) is 0. The van der Waals surface area contributed by atoms with Gasteiger partial charge in [0.1, 0.15) is 0 Å². The number of nitrogens with zero attached hydrogens (tertiary/aromatic N) is 2. The standard InChI is InChI=1S/C4H4N2/c1-3-5-6-4-2/h1-2H2. The Bertz CT molecular complexity index is 97.5. The summed E-state index contributed by atoms with van der Waals surface area (Å²) in [6.07, 6.45) is 0. The van der Waals surface area contributed by atoms with Crippen LogP contribution in [-0.4, -0.2) is 11.7 Å². The molecule has 0 amide bonds. The maximum atomic E-state index is 3.18. The number of hydrogen-bond acceptors (Lipinski definition) is 2. The summed E-state index contributed by atoms with van der Waals surface area (Å²) in [5.41, 5.74) is 0. The van der Waals surface area contributed by atoms with Crippen LogP contribution >= 0.6 is 0 Å². The molecule has 0 aliphatic heterocycles. The molecule has 0 saturated heterocycles. The first-order valence-electron chi connectivity index (χ1n) is 1.35. The van der Waals surface area contributed by atoms with E-state index in [9.17, 15) is 0 Å². The summed E-state index contributed by atoms with van der Waals surface area (Å²) >= 11 is 0. The van der Waals surface area contributed by atoms with Crippen LogP contribution in [0.25, 0.3) is 0 Å². The second kappa shape index (κ2) is 3.90. The lowest BCUT2D eigenvalue weighted by Gasteiger charge is -1.52. The Labute approximate surface area is 36.2 Å². The summed E-state index contributed by atoms with van der Waals surface area (Å²) in [7, 11) is 0. The van der Waals surface area contributed by atoms with Gasteiger partial charge in [-0.1, -0.05) is 10.2 Å². The van der Waals surface area contributed by atoms with E-state index in [1.807, 2.05) is 0 Å². The predicted octanol–water partition coefficient (Wildman–Crippen LogP) is 0.613. The molecule has 0 saturated carbocycles. The Balaban J connectivity index is 3.64. The lowest BCUT2D eigenvalue weighted by molar-refractivity contribution is 1.29. The van der Waals surface area contributed by atoms with Gasteiger partial charge in [0.05, 0.1) is 0 Å². The van der Waals surface area contributed by atoms with Crippen LogP contribution in [0.4, 0.5) is 0 Å². The Morgan fingerprint density at radius 1 is 1.00 bits per heavy atom. The molecule has 0 aliphatic rings. The van der Waals surface area contributed by atoms with Crippen molar-refractivity contribution >= 4 is 11.7 Å². The van der Waals surface area contributed by atoms with Crippen molar-refractivity contribution in [3.63, 3.8) is 0 Å². The number of rotatable bonds is 1. The van der Waals surface area contributed by atoms with Crippen molar-refractivity contribution in [2.45, 2.75) is 0 Å². The zero-order valence-electron chi connectivity index (χ0n) is 3.31. The van der Waals surface area contributed by atoms with Crippen molar-refractivity contribution in [1.82, 2.24) is 0 Å². The molecule has 0 atom stereocenters. The van der Waals surface area contributed by atoms with Gasteiger partial charge in [0, 0.05) is 11.7 Å². The van der Waals surface area contributed by atoms with Gasteiger partial charge in [-0.3, -0.25) is 0 Å². The third-order valence-corrected chi connectivity index (χ3v) is 0.191. The van der Waals surface area contributed by atoms with Gasteiger partial charge in [-0.25, -0.2) is 0 Å². The van der Waals surface area contributed by atoms with Crippen molar-refractivity contribution in [2.24, 2.45) is 10.2 Å². The van der Waals surface area contributed by atoms with Crippen molar-refractivity contribution < 1.29 is 0 Å². The van der Waals surface area contributed by atoms with Crippen molar-refractivity contribution in [3.05, 3.63) is 13.2 Å². The molecule has 30 valence electrons. The van der Waals surface area contributed by atoms with E-state index in [0.29, 0.717) is 0 Å². The Morgan fingerprint density at radius 2 is 1.33 bits per heavy atom. The maximum absolute atomic E-state index is 3.18. The highest BCUT2D eigenvalue weighted by Gasteiger charge is 1.39. The smallest absolute Gasteiger partial charge is 0.00353 e. The summed E-state index contributed by atoms with van der Waals surface area (Å²) < 4.78 is 0. The fourth-order valence-corrected chi connectivity index (χ4v) is 0.0707. The van der Waals surface area contributed by atoms with Crippen molar-refractivity contribution in [3.8, 4) is 0 Å². The normalized spacial score (nSPS) is 4.67. The summed E-state index contributed by atoms with van der Waals surface area (Å²) in [5.74, 6) is 4.35. The molecular weight excluding hydrogens is 76.1 g/mol.